The van der Waals surface area contributed by atoms with Crippen molar-refractivity contribution in [1.82, 2.24) is 5.32 Å². The average Bonchev–Trinajstić information content (AvgIpc) is 3.13. The van der Waals surface area contributed by atoms with E-state index in [1.54, 1.807) is 13.8 Å². The lowest BCUT2D eigenvalue weighted by Gasteiger charge is -2.63. The lowest BCUT2D eigenvalue weighted by Crippen LogP contribution is -2.70. The third-order valence-corrected chi connectivity index (χ3v) is 10.8. The molecule has 0 saturated heterocycles. The van der Waals surface area contributed by atoms with E-state index < -0.39 is 87.0 Å². The highest BCUT2D eigenvalue weighted by atomic mass is 32.2. The first kappa shape index (κ1) is 32.7. The topological polar surface area (TPSA) is 145 Å². The number of fused-ring (bicyclic) bond motifs is 5. The van der Waals surface area contributed by atoms with Gasteiger partial charge in [-0.2, -0.15) is 0 Å². The summed E-state index contributed by atoms with van der Waals surface area (Å²) >= 11 is 0.333. The van der Waals surface area contributed by atoms with Gasteiger partial charge in [0.1, 0.15) is 18.9 Å². The van der Waals surface area contributed by atoms with Crippen LogP contribution in [0.5, 0.6) is 0 Å². The summed E-state index contributed by atoms with van der Waals surface area (Å²) in [5.41, 5.74) is -1.84. The Morgan fingerprint density at radius 3 is 2.60 bits per heavy atom. The number of carbonyl (C=O) groups excluding carboxylic acids is 4. The summed E-state index contributed by atoms with van der Waals surface area (Å²) in [6.45, 7) is 5.86. The number of carbonyl (C=O) groups is 4. The van der Waals surface area contributed by atoms with Crippen molar-refractivity contribution < 1.29 is 46.9 Å². The standard InChI is InChI=1S/C29H39F3N2O7S/c1-15-9-18-19-11-21(31)20-10-17(35)5-7-26(20,3)28(19,32)22(36)12-27(18,4)29(15,25(39)42-13-30)41-23(37)6-8-40-14-34-24(38)16(2)33/h5,7,10,15-16,18-19,21-22,36H,6,8-9,11-14,33H2,1-4H3,(H,34,38)/t15-,16+,18+,19+,21+,22+,26+,27+,28+,29+/m1/s1. The molecule has 42 heavy (non-hydrogen) atoms. The van der Waals surface area contributed by atoms with Crippen molar-refractivity contribution in [3.05, 3.63) is 23.8 Å². The number of rotatable bonds is 9. The molecule has 10 atom stereocenters. The monoisotopic (exact) mass is 616 g/mol. The van der Waals surface area contributed by atoms with Crippen LogP contribution in [0.3, 0.4) is 0 Å². The van der Waals surface area contributed by atoms with Gasteiger partial charge < -0.3 is 25.6 Å². The number of ketones is 1. The zero-order chi connectivity index (χ0) is 31.3. The highest BCUT2D eigenvalue weighted by molar-refractivity contribution is 8.13. The van der Waals surface area contributed by atoms with E-state index in [1.807, 2.05) is 0 Å². The summed E-state index contributed by atoms with van der Waals surface area (Å²) in [6, 6.07) is -1.84. The fourth-order valence-corrected chi connectivity index (χ4v) is 8.91. The number of nitrogens with two attached hydrogens (primary N) is 1. The van der Waals surface area contributed by atoms with Gasteiger partial charge in [-0.3, -0.25) is 19.2 Å². The molecule has 4 aliphatic rings. The van der Waals surface area contributed by atoms with Crippen LogP contribution >= 0.6 is 11.8 Å². The van der Waals surface area contributed by atoms with Crippen LogP contribution in [0.2, 0.25) is 0 Å². The van der Waals surface area contributed by atoms with Crippen molar-refractivity contribution in [3.63, 3.8) is 0 Å². The van der Waals surface area contributed by atoms with Gasteiger partial charge in [0.15, 0.2) is 17.1 Å². The maximum atomic E-state index is 17.4. The van der Waals surface area contributed by atoms with Gasteiger partial charge in [0.2, 0.25) is 11.0 Å². The van der Waals surface area contributed by atoms with Crippen LogP contribution < -0.4 is 11.1 Å². The Morgan fingerprint density at radius 1 is 1.26 bits per heavy atom. The van der Waals surface area contributed by atoms with Gasteiger partial charge in [-0.25, -0.2) is 13.2 Å². The van der Waals surface area contributed by atoms with Crippen molar-refractivity contribution in [2.75, 3.05) is 19.3 Å². The molecular formula is C29H39F3N2O7S. The van der Waals surface area contributed by atoms with Crippen LogP contribution in [-0.2, 0) is 28.7 Å². The fraction of sp³-hybridized carbons (Fsp3) is 0.724. The molecule has 0 aromatic heterocycles. The first-order valence-electron chi connectivity index (χ1n) is 14.1. The molecule has 4 aliphatic carbocycles. The Hall–Kier alpha value is -2.22. The Bertz CT molecular complexity index is 1200. The number of aliphatic hydroxyl groups excluding tert-OH is 1. The van der Waals surface area contributed by atoms with Gasteiger partial charge >= 0.3 is 5.97 Å². The van der Waals surface area contributed by atoms with E-state index in [-0.39, 0.29) is 44.6 Å². The number of thioether (sulfide) groups is 1. The molecule has 0 radical (unpaired) electrons. The minimum Gasteiger partial charge on any atom is -0.449 e. The average molecular weight is 617 g/mol. The first-order valence-corrected chi connectivity index (χ1v) is 15.1. The zero-order valence-electron chi connectivity index (χ0n) is 24.2. The van der Waals surface area contributed by atoms with Crippen LogP contribution in [0.25, 0.3) is 0 Å². The molecule has 0 unspecified atom stereocenters. The second-order valence-electron chi connectivity index (χ2n) is 12.4. The van der Waals surface area contributed by atoms with Crippen LogP contribution in [-0.4, -0.2) is 76.8 Å². The number of hydrogen-bond acceptors (Lipinski definition) is 9. The maximum absolute atomic E-state index is 17.4. The zero-order valence-corrected chi connectivity index (χ0v) is 25.0. The molecule has 9 nitrogen and oxygen atoms in total. The van der Waals surface area contributed by atoms with Gasteiger partial charge in [0, 0.05) is 22.7 Å². The van der Waals surface area contributed by atoms with E-state index >= 15 is 8.78 Å². The van der Waals surface area contributed by atoms with Gasteiger partial charge in [-0.15, -0.1) is 0 Å². The van der Waals surface area contributed by atoms with Crippen molar-refractivity contribution in [2.45, 2.75) is 83.0 Å². The third-order valence-electron chi connectivity index (χ3n) is 10.1. The van der Waals surface area contributed by atoms with Crippen molar-refractivity contribution in [3.8, 4) is 0 Å². The number of hydrogen-bond donors (Lipinski definition) is 3. The number of aliphatic hydroxyl groups is 1. The van der Waals surface area contributed by atoms with Crippen LogP contribution in [0.4, 0.5) is 13.2 Å². The van der Waals surface area contributed by atoms with Crippen LogP contribution in [0, 0.1) is 28.6 Å². The molecule has 0 aromatic carbocycles. The molecule has 3 fully saturated rings. The van der Waals surface area contributed by atoms with E-state index in [0.717, 1.165) is 6.08 Å². The summed E-state index contributed by atoms with van der Waals surface area (Å²) in [5, 5.41) is 13.2. The number of nitrogens with one attached hydrogen (secondary N) is 1. The summed E-state index contributed by atoms with van der Waals surface area (Å²) in [5.74, 6) is -4.27. The van der Waals surface area contributed by atoms with E-state index in [9.17, 15) is 28.7 Å². The molecule has 0 heterocycles. The summed E-state index contributed by atoms with van der Waals surface area (Å²) in [7, 11) is 0. The van der Waals surface area contributed by atoms with Crippen molar-refractivity contribution in [1.29, 1.82) is 0 Å². The number of amides is 1. The normalized spacial score (nSPS) is 41.2. The molecule has 0 aromatic rings. The minimum atomic E-state index is -2.38. The van der Waals surface area contributed by atoms with Crippen molar-refractivity contribution in [2.24, 2.45) is 34.3 Å². The lowest BCUT2D eigenvalue weighted by atomic mass is 9.44. The number of alkyl halides is 3. The Labute approximate surface area is 247 Å². The highest BCUT2D eigenvalue weighted by Gasteiger charge is 2.78. The smallest absolute Gasteiger partial charge is 0.309 e. The third kappa shape index (κ3) is 4.84. The first-order chi connectivity index (χ1) is 19.6. The van der Waals surface area contributed by atoms with Gasteiger partial charge in [-0.1, -0.05) is 19.9 Å². The van der Waals surface area contributed by atoms with E-state index in [4.69, 9.17) is 15.2 Å². The van der Waals surface area contributed by atoms with Crippen LogP contribution in [0.1, 0.15) is 53.4 Å². The second kappa shape index (κ2) is 11.7. The SMILES string of the molecule is C[C@H](N)C(=O)NCOCCC(=O)O[C@]1(C(=O)SCF)[C@H](C)C[C@H]2[C@@H]3C[C@H](F)C4=CC(=O)C=C[C@]4(C)[C@@]3(F)[C@@H](O)C[C@@]21C. The molecular weight excluding hydrogens is 577 g/mol. The minimum absolute atomic E-state index is 0.0266. The molecule has 1 amide bonds. The Balaban J connectivity index is 1.64. The highest BCUT2D eigenvalue weighted by Crippen LogP contribution is 2.72. The summed E-state index contributed by atoms with van der Waals surface area (Å²) in [4.78, 5) is 50.4. The van der Waals surface area contributed by atoms with E-state index in [2.05, 4.69) is 5.32 Å². The van der Waals surface area contributed by atoms with Crippen LogP contribution in [0.15, 0.2) is 23.8 Å². The van der Waals surface area contributed by atoms with Gasteiger partial charge in [0.05, 0.1) is 25.2 Å². The van der Waals surface area contributed by atoms with Gasteiger partial charge in [-0.05, 0) is 68.5 Å². The predicted octanol–water partition coefficient (Wildman–Crippen LogP) is 2.85. The molecule has 234 valence electrons. The molecule has 3 saturated carbocycles. The predicted molar refractivity (Wildman–Crippen MR) is 148 cm³/mol. The second-order valence-corrected chi connectivity index (χ2v) is 13.3. The number of esters is 1. The molecule has 0 bridgehead atoms. The summed E-state index contributed by atoms with van der Waals surface area (Å²) in [6.07, 6.45) is -0.597. The van der Waals surface area contributed by atoms with E-state index in [0.29, 0.717) is 11.8 Å². The molecule has 4 rings (SSSR count). The summed E-state index contributed by atoms with van der Waals surface area (Å²) < 4.78 is 57.9. The number of ether oxygens (including phenoxy) is 2. The number of halogens is 3. The largest absolute Gasteiger partial charge is 0.449 e. The Morgan fingerprint density at radius 2 is 1.95 bits per heavy atom. The van der Waals surface area contributed by atoms with E-state index in [1.165, 1.54) is 26.0 Å². The lowest BCUT2D eigenvalue weighted by molar-refractivity contribution is -0.229. The molecule has 0 spiro atoms. The Kier molecular flexibility index (Phi) is 9.11. The van der Waals surface area contributed by atoms with Crippen molar-refractivity contribution >= 4 is 34.5 Å². The molecule has 0 aliphatic heterocycles. The quantitative estimate of drug-likeness (QED) is 0.202. The van der Waals surface area contributed by atoms with Gasteiger partial charge in [0.25, 0.3) is 0 Å². The fourth-order valence-electron chi connectivity index (χ4n) is 8.12. The maximum Gasteiger partial charge on any atom is 0.309 e. The molecule has 4 N–H and O–H groups in total. The number of allylic oxidation sites excluding steroid dienone is 4. The molecule has 13 heteroatoms.